The number of hydrogen-bond acceptors (Lipinski definition) is 5. The van der Waals surface area contributed by atoms with Crippen molar-refractivity contribution in [2.75, 3.05) is 7.11 Å². The molecule has 2 N–H and O–H groups in total. The lowest BCUT2D eigenvalue weighted by atomic mass is 10.1. The van der Waals surface area contributed by atoms with E-state index in [0.29, 0.717) is 21.9 Å². The first-order valence-corrected chi connectivity index (χ1v) is 10.8. The minimum Gasteiger partial charge on any atom is -0.493 e. The third-order valence-corrected chi connectivity index (χ3v) is 5.72. The van der Waals surface area contributed by atoms with Gasteiger partial charge in [-0.25, -0.2) is 13.6 Å². The number of aromatic nitrogens is 2. The smallest absolute Gasteiger partial charge is 0.333 e. The Hall–Kier alpha value is -4.84. The number of nitriles is 1. The van der Waals surface area contributed by atoms with E-state index in [-0.39, 0.29) is 22.9 Å². The van der Waals surface area contributed by atoms with Crippen molar-refractivity contribution < 1.29 is 18.3 Å². The average molecular weight is 488 g/mol. The molecule has 4 aromatic rings. The first-order valence-electron chi connectivity index (χ1n) is 10.8. The van der Waals surface area contributed by atoms with Crippen LogP contribution in [-0.2, 0) is 13.7 Å². The Kier molecular flexibility index (Phi) is 6.61. The second-order valence-corrected chi connectivity index (χ2v) is 7.91. The molecule has 0 aliphatic carbocycles. The highest BCUT2D eigenvalue weighted by molar-refractivity contribution is 5.45. The molecule has 36 heavy (non-hydrogen) atoms. The van der Waals surface area contributed by atoms with Crippen molar-refractivity contribution in [3.05, 3.63) is 109 Å². The summed E-state index contributed by atoms with van der Waals surface area (Å²) in [7, 11) is 2.91. The van der Waals surface area contributed by atoms with Gasteiger partial charge < -0.3 is 15.2 Å². The zero-order valence-corrected chi connectivity index (χ0v) is 19.6. The van der Waals surface area contributed by atoms with Gasteiger partial charge in [0.25, 0.3) is 0 Å². The molecule has 7 nitrogen and oxygen atoms in total. The van der Waals surface area contributed by atoms with Crippen LogP contribution >= 0.6 is 0 Å². The van der Waals surface area contributed by atoms with Gasteiger partial charge in [-0.15, -0.1) is 0 Å². The Morgan fingerprint density at radius 2 is 1.78 bits per heavy atom. The molecule has 0 amide bonds. The lowest BCUT2D eigenvalue weighted by Gasteiger charge is -2.12. The molecule has 0 unspecified atom stereocenters. The van der Waals surface area contributed by atoms with Crippen molar-refractivity contribution in [3.63, 3.8) is 0 Å². The van der Waals surface area contributed by atoms with E-state index < -0.39 is 23.0 Å². The molecular formula is C27H22F2N4O3. The molecule has 1 aromatic heterocycles. The Morgan fingerprint density at radius 3 is 2.36 bits per heavy atom. The number of methoxy groups -OCH3 is 1. The van der Waals surface area contributed by atoms with Crippen LogP contribution in [0.4, 0.5) is 8.78 Å². The molecular weight excluding hydrogens is 466 g/mol. The molecule has 0 saturated carbocycles. The predicted molar refractivity (Wildman–Crippen MR) is 131 cm³/mol. The van der Waals surface area contributed by atoms with Gasteiger partial charge in [0, 0.05) is 18.5 Å². The summed E-state index contributed by atoms with van der Waals surface area (Å²) in [5.74, 6) is -1.44. The molecule has 0 saturated heterocycles. The Balaban J connectivity index is 2.11. The zero-order valence-electron chi connectivity index (χ0n) is 19.6. The van der Waals surface area contributed by atoms with Crippen molar-refractivity contribution in [3.8, 4) is 23.3 Å². The molecule has 9 heteroatoms. The summed E-state index contributed by atoms with van der Waals surface area (Å²) in [6.45, 7) is 4.27. The van der Waals surface area contributed by atoms with E-state index in [0.717, 1.165) is 22.3 Å². The van der Waals surface area contributed by atoms with Gasteiger partial charge in [-0.1, -0.05) is 36.9 Å². The van der Waals surface area contributed by atoms with Gasteiger partial charge in [0.2, 0.25) is 0 Å². The standard InChI is InChI=1S/C27H22F2N4O3/c1-16-9-23(35-3)24(36-15-17-7-5-4-6-8-17)12-19(16)25-22(14-31)32(2)27(34)33(25)26-20(28)10-18(13-30)11-21(26)29/h4-12,14H,1,15,31H2,2-3H3/b22-14+,25-19+. The van der Waals surface area contributed by atoms with Crippen molar-refractivity contribution in [1.29, 1.82) is 5.26 Å². The van der Waals surface area contributed by atoms with Gasteiger partial charge in [0.15, 0.2) is 23.1 Å². The number of rotatable bonds is 5. The summed E-state index contributed by atoms with van der Waals surface area (Å²) < 4.78 is 43.6. The summed E-state index contributed by atoms with van der Waals surface area (Å²) in [4.78, 5) is 13.2. The molecule has 0 spiro atoms. The van der Waals surface area contributed by atoms with Gasteiger partial charge in [0.1, 0.15) is 12.3 Å². The molecule has 0 radical (unpaired) electrons. The normalized spacial score (nSPS) is 12.4. The lowest BCUT2D eigenvalue weighted by Crippen LogP contribution is -2.27. The fraction of sp³-hybridized carbons (Fsp3) is 0.111. The molecule has 1 heterocycles. The van der Waals surface area contributed by atoms with Crippen LogP contribution in [-0.4, -0.2) is 16.2 Å². The monoisotopic (exact) mass is 488 g/mol. The number of nitrogens with two attached hydrogens (primary N) is 1. The molecule has 0 aliphatic rings. The van der Waals surface area contributed by atoms with E-state index in [1.807, 2.05) is 30.3 Å². The third kappa shape index (κ3) is 4.20. The molecule has 0 atom stereocenters. The van der Waals surface area contributed by atoms with Crippen LogP contribution in [0.25, 0.3) is 18.5 Å². The van der Waals surface area contributed by atoms with Crippen LogP contribution in [0.5, 0.6) is 11.5 Å². The van der Waals surface area contributed by atoms with Crippen molar-refractivity contribution in [2.45, 2.75) is 6.61 Å². The van der Waals surface area contributed by atoms with E-state index >= 15 is 8.78 Å². The highest BCUT2D eigenvalue weighted by Crippen LogP contribution is 2.26. The Morgan fingerprint density at radius 1 is 1.11 bits per heavy atom. The molecule has 0 bridgehead atoms. The topological polar surface area (TPSA) is 95.2 Å². The Labute approximate surface area is 204 Å². The summed E-state index contributed by atoms with van der Waals surface area (Å²) in [5.41, 5.74) is 5.15. The maximum absolute atomic E-state index is 15.0. The van der Waals surface area contributed by atoms with Gasteiger partial charge >= 0.3 is 5.69 Å². The van der Waals surface area contributed by atoms with Gasteiger partial charge in [0.05, 0.1) is 29.4 Å². The highest BCUT2D eigenvalue weighted by atomic mass is 19.1. The van der Waals surface area contributed by atoms with Crippen molar-refractivity contribution in [1.82, 2.24) is 9.13 Å². The maximum atomic E-state index is 15.0. The minimum atomic E-state index is -1.08. The average Bonchev–Trinajstić information content (AvgIpc) is 3.12. The summed E-state index contributed by atoms with van der Waals surface area (Å²) >= 11 is 0. The summed E-state index contributed by atoms with van der Waals surface area (Å²) in [6.07, 6.45) is 1.17. The maximum Gasteiger partial charge on any atom is 0.333 e. The molecule has 182 valence electrons. The van der Waals surface area contributed by atoms with E-state index in [1.165, 1.54) is 24.9 Å². The number of ether oxygens (including phenoxy) is 2. The van der Waals surface area contributed by atoms with E-state index in [9.17, 15) is 4.79 Å². The largest absolute Gasteiger partial charge is 0.493 e. The van der Waals surface area contributed by atoms with E-state index in [4.69, 9.17) is 20.5 Å². The first-order chi connectivity index (χ1) is 17.3. The van der Waals surface area contributed by atoms with Crippen molar-refractivity contribution in [2.24, 2.45) is 12.8 Å². The second-order valence-electron chi connectivity index (χ2n) is 7.91. The van der Waals surface area contributed by atoms with Crippen LogP contribution in [0.3, 0.4) is 0 Å². The number of halogens is 2. The molecule has 0 fully saturated rings. The third-order valence-electron chi connectivity index (χ3n) is 5.72. The number of hydrogen-bond donors (Lipinski definition) is 1. The lowest BCUT2D eigenvalue weighted by molar-refractivity contribution is 0.284. The fourth-order valence-corrected chi connectivity index (χ4v) is 3.95. The SMILES string of the molecule is C=c1cc(OC)c(OCc2ccccc2)c/c1=c1/c(=C\N)n(C)c(=O)n1-c1c(F)cc(C#N)cc1F. The fourth-order valence-electron chi connectivity index (χ4n) is 3.95. The van der Waals surface area contributed by atoms with Crippen LogP contribution < -0.4 is 31.5 Å². The van der Waals surface area contributed by atoms with Gasteiger partial charge in [-0.2, -0.15) is 5.26 Å². The zero-order chi connectivity index (χ0) is 26.0. The van der Waals surface area contributed by atoms with Crippen LogP contribution in [0.1, 0.15) is 11.1 Å². The predicted octanol–water partition coefficient (Wildman–Crippen LogP) is 2.31. The van der Waals surface area contributed by atoms with Crippen LogP contribution in [0.15, 0.2) is 59.4 Å². The Bertz CT molecular complexity index is 1750. The van der Waals surface area contributed by atoms with Gasteiger partial charge in [-0.05, 0) is 35.0 Å². The highest BCUT2D eigenvalue weighted by Gasteiger charge is 2.20. The minimum absolute atomic E-state index is 0.102. The summed E-state index contributed by atoms with van der Waals surface area (Å²) in [5, 5.41) is 10.1. The quantitative estimate of drug-likeness (QED) is 0.465. The molecule has 3 aromatic carbocycles. The second kappa shape index (κ2) is 9.80. The van der Waals surface area contributed by atoms with E-state index in [1.54, 1.807) is 18.2 Å². The molecule has 0 aliphatic heterocycles. The number of nitrogens with zero attached hydrogens (tertiary/aromatic N) is 3. The van der Waals surface area contributed by atoms with Crippen LogP contribution in [0, 0.1) is 33.5 Å². The van der Waals surface area contributed by atoms with Gasteiger partial charge in [-0.3, -0.25) is 9.13 Å². The summed E-state index contributed by atoms with van der Waals surface area (Å²) in [6, 6.07) is 16.1. The number of imidazole rings is 1. The van der Waals surface area contributed by atoms with Crippen LogP contribution in [0.2, 0.25) is 0 Å². The number of benzene rings is 3. The van der Waals surface area contributed by atoms with Crippen molar-refractivity contribution >= 4 is 12.8 Å². The first kappa shape index (κ1) is 24.3. The molecule has 4 rings (SSSR count). The van der Waals surface area contributed by atoms with E-state index in [2.05, 4.69) is 6.58 Å².